The Hall–Kier alpha value is -3.46. The predicted octanol–water partition coefficient (Wildman–Crippen LogP) is 4.18. The third-order valence-corrected chi connectivity index (χ3v) is 8.17. The maximum atomic E-state index is 13.2. The van der Waals surface area contributed by atoms with Crippen LogP contribution in [-0.2, 0) is 27.4 Å². The highest BCUT2D eigenvalue weighted by Gasteiger charge is 2.32. The van der Waals surface area contributed by atoms with Gasteiger partial charge in [0.1, 0.15) is 6.61 Å². The van der Waals surface area contributed by atoms with E-state index < -0.39 is 5.92 Å². The quantitative estimate of drug-likeness (QED) is 0.373. The van der Waals surface area contributed by atoms with Crippen molar-refractivity contribution in [2.45, 2.75) is 38.2 Å². The summed E-state index contributed by atoms with van der Waals surface area (Å²) >= 11 is 3.58. The van der Waals surface area contributed by atoms with Crippen LogP contribution in [-0.4, -0.2) is 45.0 Å². The Bertz CT molecular complexity index is 1550. The number of hydrogen-bond acceptors (Lipinski definition) is 5. The first-order valence-corrected chi connectivity index (χ1v) is 13.0. The van der Waals surface area contributed by atoms with Crippen molar-refractivity contribution >= 4 is 49.6 Å². The fourth-order valence-electron chi connectivity index (χ4n) is 5.55. The Morgan fingerprint density at radius 1 is 1.17 bits per heavy atom. The average molecular weight is 549 g/mol. The molecule has 0 radical (unpaired) electrons. The molecule has 36 heavy (non-hydrogen) atoms. The van der Waals surface area contributed by atoms with E-state index in [2.05, 4.69) is 31.1 Å². The number of nitrogens with one attached hydrogen (secondary N) is 2. The van der Waals surface area contributed by atoms with E-state index in [1.165, 1.54) is 0 Å². The van der Waals surface area contributed by atoms with Crippen LogP contribution in [0.4, 0.5) is 0 Å². The van der Waals surface area contributed by atoms with Crippen LogP contribution in [0.2, 0.25) is 0 Å². The third-order valence-electron chi connectivity index (χ3n) is 7.54. The molecule has 1 fully saturated rings. The van der Waals surface area contributed by atoms with Gasteiger partial charge >= 0.3 is 5.97 Å². The van der Waals surface area contributed by atoms with Gasteiger partial charge in [0.05, 0.1) is 17.6 Å². The van der Waals surface area contributed by atoms with E-state index in [1.807, 2.05) is 41.3 Å². The highest BCUT2D eigenvalue weighted by Crippen LogP contribution is 2.34. The summed E-state index contributed by atoms with van der Waals surface area (Å²) < 4.78 is 6.44. The molecule has 6 rings (SSSR count). The molecular weight excluding hydrogens is 524 g/mol. The number of nitrogens with zero attached hydrogens (tertiary/aromatic N) is 2. The summed E-state index contributed by atoms with van der Waals surface area (Å²) in [7, 11) is 0. The van der Waals surface area contributed by atoms with Gasteiger partial charge in [-0.25, -0.2) is 0 Å². The Morgan fingerprint density at radius 3 is 2.81 bits per heavy atom. The molecule has 2 aromatic heterocycles. The number of likely N-dealkylation sites (tertiary alicyclic amines) is 1. The summed E-state index contributed by atoms with van der Waals surface area (Å²) in [5.74, 6) is -0.817. The molecule has 0 saturated carbocycles. The van der Waals surface area contributed by atoms with Gasteiger partial charge in [-0.1, -0.05) is 18.2 Å². The third kappa shape index (κ3) is 4.11. The number of carbonyl (C=O) groups is 2. The van der Waals surface area contributed by atoms with Crippen molar-refractivity contribution in [3.63, 3.8) is 0 Å². The van der Waals surface area contributed by atoms with E-state index in [-0.39, 0.29) is 36.4 Å². The normalized spacial score (nSPS) is 18.8. The summed E-state index contributed by atoms with van der Waals surface area (Å²) in [4.78, 5) is 43.4. The van der Waals surface area contributed by atoms with E-state index in [4.69, 9.17) is 4.74 Å². The van der Waals surface area contributed by atoms with Gasteiger partial charge in [-0.2, -0.15) is 5.10 Å². The lowest BCUT2D eigenvalue weighted by atomic mass is 9.88. The zero-order chi connectivity index (χ0) is 24.8. The van der Waals surface area contributed by atoms with E-state index in [9.17, 15) is 14.4 Å². The SMILES string of the molecule is O=C1OCc2c(cc(Br)c3[nH]ncc23)C[C@H]1CC(=O)N1CCC(c2cc3ccccc3[nH]c2=O)CC1. The predicted molar refractivity (Wildman–Crippen MR) is 139 cm³/mol. The number of halogens is 1. The topological polar surface area (TPSA) is 108 Å². The minimum atomic E-state index is -0.531. The molecule has 0 spiro atoms. The van der Waals surface area contributed by atoms with E-state index >= 15 is 0 Å². The number of benzene rings is 2. The molecule has 2 aliphatic heterocycles. The Kier molecular flexibility index (Phi) is 5.87. The van der Waals surface area contributed by atoms with Crippen molar-refractivity contribution in [1.29, 1.82) is 0 Å². The maximum Gasteiger partial charge on any atom is 0.310 e. The zero-order valence-corrected chi connectivity index (χ0v) is 21.1. The molecule has 0 aliphatic carbocycles. The summed E-state index contributed by atoms with van der Waals surface area (Å²) in [5, 5.41) is 9.02. The van der Waals surface area contributed by atoms with Gasteiger partial charge in [0.2, 0.25) is 5.91 Å². The van der Waals surface area contributed by atoms with Crippen LogP contribution < -0.4 is 5.56 Å². The van der Waals surface area contributed by atoms with Crippen molar-refractivity contribution in [2.24, 2.45) is 5.92 Å². The zero-order valence-electron chi connectivity index (χ0n) is 19.6. The average Bonchev–Trinajstić information content (AvgIpc) is 3.33. The number of piperidine rings is 1. The number of para-hydroxylation sites is 1. The molecule has 0 unspecified atom stereocenters. The Morgan fingerprint density at radius 2 is 1.97 bits per heavy atom. The van der Waals surface area contributed by atoms with Crippen LogP contribution in [0.1, 0.15) is 41.9 Å². The lowest BCUT2D eigenvalue weighted by molar-refractivity contribution is -0.152. The second-order valence-corrected chi connectivity index (χ2v) is 10.5. The summed E-state index contributed by atoms with van der Waals surface area (Å²) in [6, 6.07) is 11.7. The lowest BCUT2D eigenvalue weighted by Gasteiger charge is -2.32. The minimum Gasteiger partial charge on any atom is -0.461 e. The van der Waals surface area contributed by atoms with Gasteiger partial charge in [-0.3, -0.25) is 19.5 Å². The first-order chi connectivity index (χ1) is 17.5. The standard InChI is InChI=1S/C27H25BrN4O4/c28-22-11-17-9-18(27(35)36-14-21(17)20-13-29-31-25(20)22)12-24(33)32-7-5-15(6-8-32)19-10-16-3-1-2-4-23(16)30-26(19)34/h1-4,10-11,13,15,18H,5-9,12,14H2,(H,29,31)(H,30,34)/t18-/m0/s1. The minimum absolute atomic E-state index is 0.0466. The van der Waals surface area contributed by atoms with Gasteiger partial charge in [-0.05, 0) is 70.3 Å². The molecule has 1 amide bonds. The number of aromatic amines is 2. The van der Waals surface area contributed by atoms with Gasteiger partial charge < -0.3 is 14.6 Å². The van der Waals surface area contributed by atoms with E-state index in [0.29, 0.717) is 19.5 Å². The van der Waals surface area contributed by atoms with Crippen LogP contribution in [0, 0.1) is 5.92 Å². The smallest absolute Gasteiger partial charge is 0.310 e. The fraction of sp³-hybridized carbons (Fsp3) is 0.333. The molecule has 4 heterocycles. The van der Waals surface area contributed by atoms with Crippen LogP contribution in [0.3, 0.4) is 0 Å². The van der Waals surface area contributed by atoms with Crippen LogP contribution >= 0.6 is 15.9 Å². The van der Waals surface area contributed by atoms with Crippen molar-refractivity contribution in [1.82, 2.24) is 20.1 Å². The number of amides is 1. The van der Waals surface area contributed by atoms with Crippen molar-refractivity contribution in [3.05, 3.63) is 74.1 Å². The second-order valence-electron chi connectivity index (χ2n) is 9.66. The molecule has 8 nitrogen and oxygen atoms in total. The highest BCUT2D eigenvalue weighted by molar-refractivity contribution is 9.10. The molecule has 2 aromatic carbocycles. The molecule has 9 heteroatoms. The number of fused-ring (bicyclic) bond motifs is 4. The van der Waals surface area contributed by atoms with E-state index in [0.717, 1.165) is 55.8 Å². The molecular formula is C27H25BrN4O4. The number of esters is 1. The van der Waals surface area contributed by atoms with Gasteiger partial charge in [-0.15, -0.1) is 0 Å². The van der Waals surface area contributed by atoms with Crippen molar-refractivity contribution < 1.29 is 14.3 Å². The summed E-state index contributed by atoms with van der Waals surface area (Å²) in [5.41, 5.74) is 4.35. The van der Waals surface area contributed by atoms with Crippen LogP contribution in [0.15, 0.2) is 51.9 Å². The van der Waals surface area contributed by atoms with Crippen molar-refractivity contribution in [3.8, 4) is 0 Å². The number of ether oxygens (including phenoxy) is 1. The van der Waals surface area contributed by atoms with Gasteiger partial charge in [0.25, 0.3) is 5.56 Å². The molecule has 1 saturated heterocycles. The van der Waals surface area contributed by atoms with Crippen LogP contribution in [0.5, 0.6) is 0 Å². The first-order valence-electron chi connectivity index (χ1n) is 12.2. The van der Waals surface area contributed by atoms with Crippen molar-refractivity contribution in [2.75, 3.05) is 13.1 Å². The van der Waals surface area contributed by atoms with E-state index in [1.54, 1.807) is 6.20 Å². The van der Waals surface area contributed by atoms with Gasteiger partial charge in [0.15, 0.2) is 0 Å². The number of rotatable bonds is 3. The Balaban J connectivity index is 1.14. The fourth-order valence-corrected chi connectivity index (χ4v) is 6.13. The number of aromatic nitrogens is 3. The number of carbonyl (C=O) groups excluding carboxylic acids is 2. The Labute approximate surface area is 215 Å². The summed E-state index contributed by atoms with van der Waals surface area (Å²) in [6.07, 6.45) is 3.74. The largest absolute Gasteiger partial charge is 0.461 e. The lowest BCUT2D eigenvalue weighted by Crippen LogP contribution is -2.40. The van der Waals surface area contributed by atoms with Crippen LogP contribution in [0.25, 0.3) is 21.8 Å². The molecule has 0 bridgehead atoms. The molecule has 2 aliphatic rings. The first kappa shape index (κ1) is 23.0. The maximum absolute atomic E-state index is 13.2. The summed E-state index contributed by atoms with van der Waals surface area (Å²) in [6.45, 7) is 1.30. The number of pyridine rings is 1. The number of H-pyrrole nitrogens is 2. The monoisotopic (exact) mass is 548 g/mol. The molecule has 2 N–H and O–H groups in total. The molecule has 184 valence electrons. The molecule has 1 atom stereocenters. The second kappa shape index (κ2) is 9.20. The number of hydrogen-bond donors (Lipinski definition) is 2. The molecule has 4 aromatic rings. The van der Waals surface area contributed by atoms with Gasteiger partial charge in [0, 0.05) is 46.0 Å². The highest BCUT2D eigenvalue weighted by atomic mass is 79.9. The number of cyclic esters (lactones) is 1.